The summed E-state index contributed by atoms with van der Waals surface area (Å²) in [6.07, 6.45) is 8.48. The van der Waals surface area contributed by atoms with Crippen LogP contribution in [0.15, 0.2) is 23.4 Å². The average Bonchev–Trinajstić information content (AvgIpc) is 3.33. The molecule has 3 N–H and O–H groups in total. The fraction of sp³-hybridized carbons (Fsp3) is 0.444. The summed E-state index contributed by atoms with van der Waals surface area (Å²) in [6, 6.07) is 3.96. The largest absolute Gasteiger partial charge is 0.394 e. The maximum Gasteiger partial charge on any atom is 0.329 e. The average molecular weight is 358 g/mol. The number of rotatable bonds is 5. The van der Waals surface area contributed by atoms with Crippen molar-refractivity contribution in [2.24, 2.45) is 0 Å². The minimum atomic E-state index is -0.212. The van der Waals surface area contributed by atoms with E-state index >= 15 is 0 Å². The van der Waals surface area contributed by atoms with Gasteiger partial charge in [0.2, 0.25) is 0 Å². The zero-order chi connectivity index (χ0) is 17.2. The molecule has 6 nitrogen and oxygen atoms in total. The van der Waals surface area contributed by atoms with Gasteiger partial charge in [-0.3, -0.25) is 9.40 Å². The molecule has 2 aliphatic carbocycles. The molecule has 1 heterocycles. The van der Waals surface area contributed by atoms with E-state index in [9.17, 15) is 4.79 Å². The van der Waals surface area contributed by atoms with Gasteiger partial charge in [-0.2, -0.15) is 5.10 Å². The third-order valence-electron chi connectivity index (χ3n) is 4.91. The number of carbonyl (C=O) groups excluding carboxylic acids is 1. The number of aromatic nitrogens is 2. The summed E-state index contributed by atoms with van der Waals surface area (Å²) in [7, 11) is 0. The second kappa shape index (κ2) is 7.09. The molecule has 132 valence electrons. The lowest BCUT2D eigenvalue weighted by Crippen LogP contribution is -2.24. The SMILES string of the molecule is O=C(NSc1ccn(CCO)n1)Nc1c2c(cc3c1CCC3)CCC2. The Morgan fingerprint density at radius 3 is 2.60 bits per heavy atom. The highest BCUT2D eigenvalue weighted by Crippen LogP contribution is 2.38. The van der Waals surface area contributed by atoms with Crippen molar-refractivity contribution in [3.8, 4) is 0 Å². The van der Waals surface area contributed by atoms with E-state index in [4.69, 9.17) is 5.11 Å². The molecule has 0 bridgehead atoms. The number of nitrogens with one attached hydrogen (secondary N) is 2. The lowest BCUT2D eigenvalue weighted by atomic mass is 9.99. The van der Waals surface area contributed by atoms with E-state index < -0.39 is 0 Å². The monoisotopic (exact) mass is 358 g/mol. The number of aliphatic hydroxyl groups is 1. The van der Waals surface area contributed by atoms with E-state index in [1.165, 1.54) is 47.0 Å². The lowest BCUT2D eigenvalue weighted by Gasteiger charge is -2.16. The van der Waals surface area contributed by atoms with Crippen LogP contribution in [0.1, 0.15) is 35.1 Å². The van der Waals surface area contributed by atoms with Gasteiger partial charge in [-0.1, -0.05) is 6.07 Å². The molecule has 1 aromatic heterocycles. The molecule has 0 aliphatic heterocycles. The van der Waals surface area contributed by atoms with Gasteiger partial charge in [0.05, 0.1) is 13.2 Å². The Kier molecular flexibility index (Phi) is 4.67. The predicted octanol–water partition coefficient (Wildman–Crippen LogP) is 2.68. The van der Waals surface area contributed by atoms with Crippen LogP contribution in [0.3, 0.4) is 0 Å². The Morgan fingerprint density at radius 1 is 1.20 bits per heavy atom. The molecule has 0 atom stereocenters. The smallest absolute Gasteiger partial charge is 0.329 e. The van der Waals surface area contributed by atoms with Crippen LogP contribution >= 0.6 is 11.9 Å². The molecule has 0 saturated heterocycles. The van der Waals surface area contributed by atoms with E-state index in [-0.39, 0.29) is 12.6 Å². The molecule has 0 spiro atoms. The van der Waals surface area contributed by atoms with E-state index in [1.54, 1.807) is 10.9 Å². The summed E-state index contributed by atoms with van der Waals surface area (Å²) in [5.74, 6) is 0. The number of amides is 2. The molecule has 1 aromatic carbocycles. The maximum atomic E-state index is 12.4. The molecule has 0 radical (unpaired) electrons. The minimum Gasteiger partial charge on any atom is -0.394 e. The van der Waals surface area contributed by atoms with Crippen LogP contribution in [0.5, 0.6) is 0 Å². The molecule has 7 heteroatoms. The van der Waals surface area contributed by atoms with Gasteiger partial charge in [0.15, 0.2) is 0 Å². The van der Waals surface area contributed by atoms with Gasteiger partial charge in [0, 0.05) is 23.8 Å². The van der Waals surface area contributed by atoms with E-state index in [0.29, 0.717) is 11.6 Å². The van der Waals surface area contributed by atoms with Gasteiger partial charge in [0.1, 0.15) is 5.03 Å². The van der Waals surface area contributed by atoms with Gasteiger partial charge < -0.3 is 10.4 Å². The van der Waals surface area contributed by atoms with Crippen LogP contribution in [0.2, 0.25) is 0 Å². The van der Waals surface area contributed by atoms with Crippen LogP contribution in [0.25, 0.3) is 0 Å². The van der Waals surface area contributed by atoms with Gasteiger partial charge in [-0.15, -0.1) is 0 Å². The Morgan fingerprint density at radius 2 is 1.92 bits per heavy atom. The normalized spacial score (nSPS) is 15.1. The van der Waals surface area contributed by atoms with Crippen molar-refractivity contribution in [2.75, 3.05) is 11.9 Å². The fourth-order valence-electron chi connectivity index (χ4n) is 3.83. The van der Waals surface area contributed by atoms with Crippen molar-refractivity contribution in [1.29, 1.82) is 0 Å². The number of benzene rings is 1. The molecule has 0 fully saturated rings. The molecule has 2 aromatic rings. The topological polar surface area (TPSA) is 79.2 Å². The van der Waals surface area contributed by atoms with Gasteiger partial charge in [0.25, 0.3) is 0 Å². The summed E-state index contributed by atoms with van der Waals surface area (Å²) in [5.41, 5.74) is 6.52. The summed E-state index contributed by atoms with van der Waals surface area (Å²) in [4.78, 5) is 12.4. The number of carbonyl (C=O) groups is 1. The third kappa shape index (κ3) is 3.39. The van der Waals surface area contributed by atoms with Crippen LogP contribution in [-0.2, 0) is 32.2 Å². The summed E-state index contributed by atoms with van der Waals surface area (Å²) in [5, 5.41) is 17.0. The maximum absolute atomic E-state index is 12.4. The highest BCUT2D eigenvalue weighted by atomic mass is 32.2. The first-order chi connectivity index (χ1) is 12.2. The molecule has 0 saturated carbocycles. The number of fused-ring (bicyclic) bond motifs is 2. The standard InChI is InChI=1S/C18H22N4O2S/c23-10-9-22-8-7-16(20-22)25-21-18(24)19-17-14-5-1-3-12(14)11-13-4-2-6-15(13)17/h7-8,11,23H,1-6,9-10H2,(H2,19,21,24). The van der Waals surface area contributed by atoms with Crippen molar-refractivity contribution < 1.29 is 9.90 Å². The van der Waals surface area contributed by atoms with Crippen molar-refractivity contribution in [1.82, 2.24) is 14.5 Å². The van der Waals surface area contributed by atoms with Crippen molar-refractivity contribution in [2.45, 2.75) is 50.1 Å². The van der Waals surface area contributed by atoms with Crippen molar-refractivity contribution in [3.05, 3.63) is 40.6 Å². The number of aliphatic hydroxyl groups excluding tert-OH is 1. The first-order valence-corrected chi connectivity index (χ1v) is 9.61. The number of hydrogen-bond donors (Lipinski definition) is 3. The van der Waals surface area contributed by atoms with E-state index in [1.807, 2.05) is 6.07 Å². The van der Waals surface area contributed by atoms with Gasteiger partial charge in [-0.25, -0.2) is 4.79 Å². The molecular weight excluding hydrogens is 336 g/mol. The Balaban J connectivity index is 1.44. The van der Waals surface area contributed by atoms with Crippen molar-refractivity contribution in [3.63, 3.8) is 0 Å². The molecule has 4 rings (SSSR count). The van der Waals surface area contributed by atoms with Crippen LogP contribution < -0.4 is 10.0 Å². The zero-order valence-corrected chi connectivity index (χ0v) is 14.9. The second-order valence-corrected chi connectivity index (χ2v) is 7.36. The summed E-state index contributed by atoms with van der Waals surface area (Å²) in [6.45, 7) is 0.499. The first kappa shape index (κ1) is 16.5. The van der Waals surface area contributed by atoms with Gasteiger partial charge in [-0.05, 0) is 66.8 Å². The third-order valence-corrected chi connectivity index (χ3v) is 5.62. The molecule has 2 aliphatic rings. The number of anilines is 1. The predicted molar refractivity (Wildman–Crippen MR) is 97.8 cm³/mol. The Bertz CT molecular complexity index is 770. The number of urea groups is 1. The molecule has 2 amide bonds. The molecule has 25 heavy (non-hydrogen) atoms. The minimum absolute atomic E-state index is 0.0456. The van der Waals surface area contributed by atoms with Crippen LogP contribution in [-0.4, -0.2) is 27.5 Å². The second-order valence-electron chi connectivity index (χ2n) is 6.53. The van der Waals surface area contributed by atoms with Gasteiger partial charge >= 0.3 is 6.03 Å². The number of aryl methyl sites for hydroxylation is 2. The Labute approximate surface area is 151 Å². The van der Waals surface area contributed by atoms with Crippen LogP contribution in [0.4, 0.5) is 10.5 Å². The van der Waals surface area contributed by atoms with E-state index in [0.717, 1.165) is 31.4 Å². The fourth-order valence-corrected chi connectivity index (χ4v) is 4.35. The quantitative estimate of drug-likeness (QED) is 0.718. The van der Waals surface area contributed by atoms with E-state index in [2.05, 4.69) is 21.2 Å². The highest BCUT2D eigenvalue weighted by molar-refractivity contribution is 7.97. The number of hydrogen-bond acceptors (Lipinski definition) is 4. The molecular formula is C18H22N4O2S. The summed E-state index contributed by atoms with van der Waals surface area (Å²) < 4.78 is 4.47. The Hall–Kier alpha value is -1.99. The first-order valence-electron chi connectivity index (χ1n) is 8.79. The molecule has 0 unspecified atom stereocenters. The summed E-state index contributed by atoms with van der Waals surface area (Å²) >= 11 is 1.19. The lowest BCUT2D eigenvalue weighted by molar-refractivity contribution is 0.257. The van der Waals surface area contributed by atoms with Crippen LogP contribution in [0, 0.1) is 0 Å². The zero-order valence-electron chi connectivity index (χ0n) is 14.0. The van der Waals surface area contributed by atoms with Crippen molar-refractivity contribution >= 4 is 23.7 Å². The number of nitrogens with zero attached hydrogens (tertiary/aromatic N) is 2. The highest BCUT2D eigenvalue weighted by Gasteiger charge is 2.24.